The summed E-state index contributed by atoms with van der Waals surface area (Å²) in [5.74, 6) is 1.60. The van der Waals surface area contributed by atoms with Gasteiger partial charge in [0.1, 0.15) is 11.6 Å². The van der Waals surface area contributed by atoms with Gasteiger partial charge in [-0.1, -0.05) is 18.2 Å². The normalized spacial score (nSPS) is 25.2. The van der Waals surface area contributed by atoms with Gasteiger partial charge in [0.05, 0.1) is 39.8 Å². The molecule has 1 aliphatic carbocycles. The summed E-state index contributed by atoms with van der Waals surface area (Å²) in [6.45, 7) is 0.813. The van der Waals surface area contributed by atoms with Gasteiger partial charge in [0, 0.05) is 24.2 Å². The molecule has 0 unspecified atom stereocenters. The highest BCUT2D eigenvalue weighted by molar-refractivity contribution is 5.84. The molecular formula is C31H29F3N6O2. The van der Waals surface area contributed by atoms with Crippen LogP contribution >= 0.6 is 0 Å². The predicted octanol–water partition coefficient (Wildman–Crippen LogP) is 5.54. The van der Waals surface area contributed by atoms with Crippen molar-refractivity contribution in [2.45, 2.75) is 63.8 Å². The monoisotopic (exact) mass is 574 g/mol. The van der Waals surface area contributed by atoms with Crippen molar-refractivity contribution in [2.75, 3.05) is 0 Å². The number of nitriles is 1. The molecule has 5 rings (SSSR count). The Bertz CT molecular complexity index is 1690. The highest BCUT2D eigenvalue weighted by Crippen LogP contribution is 2.52. The van der Waals surface area contributed by atoms with Gasteiger partial charge in [0.2, 0.25) is 5.91 Å². The smallest absolute Gasteiger partial charge is 0.388 e. The second-order valence-corrected chi connectivity index (χ2v) is 11.2. The summed E-state index contributed by atoms with van der Waals surface area (Å²) < 4.78 is 46.0. The zero-order valence-electron chi connectivity index (χ0n) is 23.1. The standard InChI is InChI=1S/C31H29F3N6O2/c1-4-21(42-29(33)34)7-5-6-8-26(41)38-24-11-18(2)40-25-13-19(9-10-23(25)39-28(24)40)20-12-22(32)27(37-14-20)31(36)15-30(3,16-31)17-35/h1,5-7,9-10,12-14,18,24,29H,8,11,15-16,36H2,2-3H3,(H,38,41)/b6-5-,21-7+/t18-,24+,30?,31?/m0/s1. The number of amides is 1. The lowest BCUT2D eigenvalue weighted by Crippen LogP contribution is -2.54. The van der Waals surface area contributed by atoms with Gasteiger partial charge in [-0.3, -0.25) is 9.78 Å². The fourth-order valence-corrected chi connectivity index (χ4v) is 6.03. The summed E-state index contributed by atoms with van der Waals surface area (Å²) in [7, 11) is 0. The van der Waals surface area contributed by atoms with Gasteiger partial charge in [0.15, 0.2) is 5.76 Å². The van der Waals surface area contributed by atoms with E-state index in [1.165, 1.54) is 24.3 Å². The van der Waals surface area contributed by atoms with Crippen LogP contribution in [0.25, 0.3) is 22.2 Å². The number of hydrogen-bond donors (Lipinski definition) is 2. The third-order valence-electron chi connectivity index (χ3n) is 7.75. The molecule has 1 fully saturated rings. The first-order valence-corrected chi connectivity index (χ1v) is 13.4. The number of benzene rings is 1. The van der Waals surface area contributed by atoms with Gasteiger partial charge in [0.25, 0.3) is 0 Å². The van der Waals surface area contributed by atoms with E-state index >= 15 is 4.39 Å². The van der Waals surface area contributed by atoms with E-state index in [2.05, 4.69) is 25.7 Å². The number of carbonyl (C=O) groups excluding carboxylic acids is 1. The van der Waals surface area contributed by atoms with Gasteiger partial charge in [-0.15, -0.1) is 6.42 Å². The van der Waals surface area contributed by atoms with Gasteiger partial charge in [-0.25, -0.2) is 9.37 Å². The minimum Gasteiger partial charge on any atom is -0.426 e. The summed E-state index contributed by atoms with van der Waals surface area (Å²) in [6.07, 6.45) is 12.1. The highest BCUT2D eigenvalue weighted by Gasteiger charge is 2.53. The lowest BCUT2D eigenvalue weighted by molar-refractivity contribution is -0.121. The lowest BCUT2D eigenvalue weighted by atomic mass is 9.58. The summed E-state index contributed by atoms with van der Waals surface area (Å²) in [5.41, 5.74) is 7.94. The Morgan fingerprint density at radius 1 is 1.36 bits per heavy atom. The lowest BCUT2D eigenvalue weighted by Gasteiger charge is -2.48. The molecular weight excluding hydrogens is 545 g/mol. The van der Waals surface area contributed by atoms with Crippen molar-refractivity contribution in [3.8, 4) is 29.5 Å². The van der Waals surface area contributed by atoms with Gasteiger partial charge in [-0.05, 0) is 68.9 Å². The third kappa shape index (κ3) is 5.48. The molecule has 42 heavy (non-hydrogen) atoms. The van der Waals surface area contributed by atoms with Crippen LogP contribution in [-0.4, -0.2) is 27.1 Å². The Morgan fingerprint density at radius 3 is 2.79 bits per heavy atom. The number of rotatable bonds is 8. The van der Waals surface area contributed by atoms with Crippen molar-refractivity contribution in [2.24, 2.45) is 11.1 Å². The largest absolute Gasteiger partial charge is 0.426 e. The predicted molar refractivity (Wildman–Crippen MR) is 150 cm³/mol. The molecule has 1 amide bonds. The molecule has 0 saturated heterocycles. The number of halogens is 3. The maximum absolute atomic E-state index is 15.2. The van der Waals surface area contributed by atoms with Crippen LogP contribution < -0.4 is 11.1 Å². The first-order chi connectivity index (χ1) is 19.9. The maximum atomic E-state index is 15.2. The number of pyridine rings is 1. The van der Waals surface area contributed by atoms with Crippen molar-refractivity contribution >= 4 is 16.9 Å². The van der Waals surface area contributed by atoms with Crippen molar-refractivity contribution < 1.29 is 22.7 Å². The number of hydrogen-bond acceptors (Lipinski definition) is 6. The van der Waals surface area contributed by atoms with Crippen molar-refractivity contribution in [3.05, 3.63) is 71.8 Å². The molecule has 216 valence electrons. The number of allylic oxidation sites excluding steroid dienone is 3. The number of fused-ring (bicyclic) bond motifs is 3. The zero-order valence-corrected chi connectivity index (χ0v) is 23.1. The summed E-state index contributed by atoms with van der Waals surface area (Å²) in [4.78, 5) is 21.7. The van der Waals surface area contributed by atoms with Crippen LogP contribution in [0.3, 0.4) is 0 Å². The zero-order chi connectivity index (χ0) is 30.2. The van der Waals surface area contributed by atoms with Gasteiger partial charge < -0.3 is 20.4 Å². The van der Waals surface area contributed by atoms with Gasteiger partial charge in [-0.2, -0.15) is 14.0 Å². The molecule has 3 N–H and O–H groups in total. The highest BCUT2D eigenvalue weighted by atomic mass is 19.3. The van der Waals surface area contributed by atoms with Crippen LogP contribution in [0, 0.1) is 34.9 Å². The molecule has 2 atom stereocenters. The number of alkyl halides is 2. The van der Waals surface area contributed by atoms with Crippen LogP contribution in [0.2, 0.25) is 0 Å². The molecule has 2 aliphatic rings. The van der Waals surface area contributed by atoms with E-state index < -0.39 is 23.4 Å². The van der Waals surface area contributed by atoms with E-state index in [4.69, 9.17) is 17.1 Å². The third-order valence-corrected chi connectivity index (χ3v) is 7.75. The fourth-order valence-electron chi connectivity index (χ4n) is 6.03. The quantitative estimate of drug-likeness (QED) is 0.207. The molecule has 0 spiro atoms. The molecule has 2 aromatic heterocycles. The van der Waals surface area contributed by atoms with E-state index in [1.807, 2.05) is 38.0 Å². The molecule has 1 saturated carbocycles. The fraction of sp³-hybridized carbons (Fsp3) is 0.355. The van der Waals surface area contributed by atoms with E-state index in [0.29, 0.717) is 30.7 Å². The first kappa shape index (κ1) is 28.9. The van der Waals surface area contributed by atoms with Crippen LogP contribution in [0.15, 0.2) is 54.4 Å². The first-order valence-electron chi connectivity index (χ1n) is 13.4. The number of aromatic nitrogens is 3. The Kier molecular flexibility index (Phi) is 7.56. The summed E-state index contributed by atoms with van der Waals surface area (Å²) in [5, 5.41) is 12.3. The number of nitrogens with zero attached hydrogens (tertiary/aromatic N) is 4. The average Bonchev–Trinajstić information content (AvgIpc) is 3.45. The number of terminal acetylenes is 1. The summed E-state index contributed by atoms with van der Waals surface area (Å²) >= 11 is 0. The van der Waals surface area contributed by atoms with Crippen LogP contribution in [0.1, 0.15) is 63.1 Å². The molecule has 11 heteroatoms. The minimum atomic E-state index is -3.03. The number of nitrogens with one attached hydrogen (secondary N) is 1. The Labute approximate surface area is 241 Å². The maximum Gasteiger partial charge on any atom is 0.388 e. The Balaban J connectivity index is 1.31. The Morgan fingerprint density at radius 2 is 2.12 bits per heavy atom. The van der Waals surface area contributed by atoms with Crippen LogP contribution in [0.5, 0.6) is 0 Å². The van der Waals surface area contributed by atoms with Crippen molar-refractivity contribution in [1.82, 2.24) is 19.9 Å². The number of nitrogens with two attached hydrogens (primary N) is 1. The van der Waals surface area contributed by atoms with Crippen LogP contribution in [0.4, 0.5) is 13.2 Å². The summed E-state index contributed by atoms with van der Waals surface area (Å²) in [6, 6.07) is 8.99. The van der Waals surface area contributed by atoms with E-state index in [0.717, 1.165) is 16.6 Å². The second kappa shape index (κ2) is 11.0. The minimum absolute atomic E-state index is 0.00663. The number of imidazole rings is 1. The molecule has 3 aromatic rings. The molecule has 8 nitrogen and oxygen atoms in total. The Hall–Kier alpha value is -4.61. The van der Waals surface area contributed by atoms with Crippen molar-refractivity contribution in [1.29, 1.82) is 5.26 Å². The second-order valence-electron chi connectivity index (χ2n) is 11.2. The molecule has 1 aromatic carbocycles. The van der Waals surface area contributed by atoms with E-state index in [1.54, 1.807) is 6.20 Å². The number of carbonyl (C=O) groups is 1. The molecule has 0 radical (unpaired) electrons. The average molecular weight is 575 g/mol. The topological polar surface area (TPSA) is 119 Å². The molecule has 3 heterocycles. The molecule has 1 aliphatic heterocycles. The van der Waals surface area contributed by atoms with Crippen LogP contribution in [-0.2, 0) is 15.1 Å². The van der Waals surface area contributed by atoms with E-state index in [-0.39, 0.29) is 35.9 Å². The van der Waals surface area contributed by atoms with E-state index in [9.17, 15) is 18.8 Å². The SMILES string of the molecule is C#C/C(=C\C=C/CC(=O)N[C@@H]1C[C@H](C)n2c1nc1ccc(-c3cnc(C4(N)CC(C)(C#N)C4)c(F)c3)cc12)OC(F)F. The van der Waals surface area contributed by atoms with Crippen molar-refractivity contribution in [3.63, 3.8) is 0 Å². The van der Waals surface area contributed by atoms with Gasteiger partial charge >= 0.3 is 6.61 Å². The molecule has 0 bridgehead atoms. The number of ether oxygens (including phenoxy) is 1.